The third-order valence-electron chi connectivity index (χ3n) is 5.41. The molecule has 0 amide bonds. The lowest BCUT2D eigenvalue weighted by Crippen LogP contribution is -2.10. The summed E-state index contributed by atoms with van der Waals surface area (Å²) in [6.07, 6.45) is 0.943. The van der Waals surface area contributed by atoms with Crippen molar-refractivity contribution in [2.75, 3.05) is 20.2 Å². The van der Waals surface area contributed by atoms with Crippen molar-refractivity contribution in [2.45, 2.75) is 13.3 Å². The summed E-state index contributed by atoms with van der Waals surface area (Å²) in [6.45, 7) is 2.98. The summed E-state index contributed by atoms with van der Waals surface area (Å²) in [5, 5.41) is 14.8. The van der Waals surface area contributed by atoms with Crippen molar-refractivity contribution in [3.8, 4) is 5.88 Å². The largest absolute Gasteiger partial charge is 0.494 e. The van der Waals surface area contributed by atoms with Crippen LogP contribution in [0.2, 0.25) is 0 Å². The molecule has 3 N–H and O–H groups in total. The maximum Gasteiger partial charge on any atom is 0.338 e. The molecule has 0 spiro atoms. The van der Waals surface area contributed by atoms with Gasteiger partial charge in [-0.05, 0) is 56.8 Å². The number of carbonyl (C=O) groups excluding carboxylic acids is 1. The van der Waals surface area contributed by atoms with Crippen LogP contribution in [0.4, 0.5) is 5.69 Å². The molecule has 0 atom stereocenters. The van der Waals surface area contributed by atoms with E-state index < -0.39 is 5.97 Å². The number of rotatable bonds is 8. The number of aromatic amines is 1. The Kier molecular flexibility index (Phi) is 6.86. The second kappa shape index (κ2) is 10.1. The predicted octanol–water partition coefficient (Wildman–Crippen LogP) is 4.98. The third kappa shape index (κ3) is 4.96. The molecule has 6 heteroatoms. The zero-order valence-corrected chi connectivity index (χ0v) is 18.8. The first-order chi connectivity index (χ1) is 16.1. The number of aromatic hydroxyl groups is 1. The highest BCUT2D eigenvalue weighted by molar-refractivity contribution is 6.22. The van der Waals surface area contributed by atoms with E-state index in [1.54, 1.807) is 19.1 Å². The van der Waals surface area contributed by atoms with Gasteiger partial charge in [-0.15, -0.1) is 0 Å². The summed E-state index contributed by atoms with van der Waals surface area (Å²) in [5.41, 5.74) is 5.19. The average Bonchev–Trinajstić information content (AvgIpc) is 3.17. The molecular weight excluding hydrogens is 414 g/mol. The lowest BCUT2D eigenvalue weighted by molar-refractivity contribution is 0.0526. The van der Waals surface area contributed by atoms with Crippen LogP contribution in [-0.2, 0) is 11.2 Å². The summed E-state index contributed by atoms with van der Waals surface area (Å²) in [5.74, 6) is -0.399. The van der Waals surface area contributed by atoms with Gasteiger partial charge in [0.05, 0.1) is 29.1 Å². The van der Waals surface area contributed by atoms with Crippen LogP contribution in [0.1, 0.15) is 34.0 Å². The smallest absolute Gasteiger partial charge is 0.338 e. The number of nitrogens with zero attached hydrogens (tertiary/aromatic N) is 1. The molecule has 4 rings (SSSR count). The lowest BCUT2D eigenvalue weighted by atomic mass is 10.00. The molecule has 0 fully saturated rings. The van der Waals surface area contributed by atoms with E-state index in [4.69, 9.17) is 9.73 Å². The van der Waals surface area contributed by atoms with E-state index in [0.29, 0.717) is 29.0 Å². The highest BCUT2D eigenvalue weighted by Crippen LogP contribution is 2.32. The fourth-order valence-electron chi connectivity index (χ4n) is 3.76. The van der Waals surface area contributed by atoms with E-state index in [-0.39, 0.29) is 5.88 Å². The molecule has 0 aliphatic carbocycles. The maximum atomic E-state index is 12.1. The Morgan fingerprint density at radius 2 is 1.79 bits per heavy atom. The summed E-state index contributed by atoms with van der Waals surface area (Å²) < 4.78 is 5.10. The molecule has 0 saturated heterocycles. The third-order valence-corrected chi connectivity index (χ3v) is 5.41. The van der Waals surface area contributed by atoms with Crippen LogP contribution in [0.5, 0.6) is 5.88 Å². The zero-order valence-electron chi connectivity index (χ0n) is 18.8. The first-order valence-electron chi connectivity index (χ1n) is 11.0. The van der Waals surface area contributed by atoms with Crippen molar-refractivity contribution in [2.24, 2.45) is 4.99 Å². The second-order valence-corrected chi connectivity index (χ2v) is 7.68. The molecule has 33 heavy (non-hydrogen) atoms. The van der Waals surface area contributed by atoms with Crippen LogP contribution in [0.25, 0.3) is 10.9 Å². The van der Waals surface area contributed by atoms with Gasteiger partial charge >= 0.3 is 5.97 Å². The van der Waals surface area contributed by atoms with Gasteiger partial charge in [-0.25, -0.2) is 9.79 Å². The van der Waals surface area contributed by atoms with Crippen molar-refractivity contribution in [1.82, 2.24) is 10.3 Å². The summed E-state index contributed by atoms with van der Waals surface area (Å²) in [6, 6.07) is 23.1. The molecule has 0 radical (unpaired) electrons. The molecule has 0 unspecified atom stereocenters. The minimum Gasteiger partial charge on any atom is -0.494 e. The number of benzene rings is 3. The van der Waals surface area contributed by atoms with Gasteiger partial charge in [-0.3, -0.25) is 0 Å². The Hall–Kier alpha value is -3.90. The highest BCUT2D eigenvalue weighted by atomic mass is 16.5. The molecule has 1 heterocycles. The van der Waals surface area contributed by atoms with Gasteiger partial charge in [0.25, 0.3) is 0 Å². The Labute approximate surface area is 193 Å². The van der Waals surface area contributed by atoms with Gasteiger partial charge in [0, 0.05) is 16.5 Å². The van der Waals surface area contributed by atoms with Gasteiger partial charge in [-0.2, -0.15) is 0 Å². The number of ether oxygens (including phenoxy) is 1. The number of likely N-dealkylation sites (N-methyl/N-ethyl adjacent to an activating group) is 1. The normalized spacial score (nSPS) is 11.6. The quantitative estimate of drug-likeness (QED) is 0.266. The number of nitrogens with one attached hydrogen (secondary N) is 2. The maximum absolute atomic E-state index is 12.1. The van der Waals surface area contributed by atoms with Gasteiger partial charge in [0.1, 0.15) is 0 Å². The number of H-pyrrole nitrogens is 1. The van der Waals surface area contributed by atoms with Crippen molar-refractivity contribution < 1.29 is 14.6 Å². The molecule has 0 aliphatic heterocycles. The number of hydrogen-bond donors (Lipinski definition) is 3. The van der Waals surface area contributed by atoms with Gasteiger partial charge in [0.15, 0.2) is 5.88 Å². The van der Waals surface area contributed by atoms with Gasteiger partial charge in [0.2, 0.25) is 0 Å². The SMILES string of the molecule is CCOC(=O)c1ccc2c(C(=Nc3ccc(CCNC)cc3)c3ccccc3)c(O)[nH]c2c1. The number of fused-ring (bicyclic) bond motifs is 1. The average molecular weight is 442 g/mol. The van der Waals surface area contributed by atoms with E-state index in [1.807, 2.05) is 55.6 Å². The van der Waals surface area contributed by atoms with Gasteiger partial charge < -0.3 is 20.1 Å². The first-order valence-corrected chi connectivity index (χ1v) is 11.0. The van der Waals surface area contributed by atoms with Crippen molar-refractivity contribution in [3.05, 3.63) is 95.1 Å². The van der Waals surface area contributed by atoms with Crippen molar-refractivity contribution >= 4 is 28.3 Å². The van der Waals surface area contributed by atoms with Crippen LogP contribution in [0.15, 0.2) is 77.8 Å². The Bertz CT molecular complexity index is 1280. The summed E-state index contributed by atoms with van der Waals surface area (Å²) in [4.78, 5) is 20.1. The van der Waals surface area contributed by atoms with Crippen LogP contribution in [-0.4, -0.2) is 42.0 Å². The minimum atomic E-state index is -0.398. The summed E-state index contributed by atoms with van der Waals surface area (Å²) >= 11 is 0. The van der Waals surface area contributed by atoms with E-state index in [0.717, 1.165) is 29.6 Å². The number of hydrogen-bond acceptors (Lipinski definition) is 5. The van der Waals surface area contributed by atoms with E-state index in [2.05, 4.69) is 22.4 Å². The molecule has 1 aromatic heterocycles. The number of esters is 1. The number of aliphatic imine (C=N–C) groups is 1. The van der Waals surface area contributed by atoms with Crippen LogP contribution in [0, 0.1) is 0 Å². The second-order valence-electron chi connectivity index (χ2n) is 7.68. The first kappa shape index (κ1) is 22.3. The molecule has 3 aromatic carbocycles. The molecule has 168 valence electrons. The predicted molar refractivity (Wildman–Crippen MR) is 132 cm³/mol. The standard InChI is InChI=1S/C27H27N3O3/c1-3-33-27(32)20-11-14-22-23(17-20)30-26(31)24(22)25(19-7-5-4-6-8-19)29-21-12-9-18(10-13-21)15-16-28-2/h4-14,17,28,30-31H,3,15-16H2,1-2H3. The van der Waals surface area contributed by atoms with E-state index in [9.17, 15) is 9.90 Å². The number of aromatic nitrogens is 1. The van der Waals surface area contributed by atoms with Crippen LogP contribution < -0.4 is 5.32 Å². The van der Waals surface area contributed by atoms with Crippen molar-refractivity contribution in [1.29, 1.82) is 0 Å². The zero-order chi connectivity index (χ0) is 23.2. The molecule has 6 nitrogen and oxygen atoms in total. The highest BCUT2D eigenvalue weighted by Gasteiger charge is 2.20. The fourth-order valence-corrected chi connectivity index (χ4v) is 3.76. The molecule has 0 saturated carbocycles. The lowest BCUT2D eigenvalue weighted by Gasteiger charge is -2.09. The van der Waals surface area contributed by atoms with Gasteiger partial charge in [-0.1, -0.05) is 48.5 Å². The topological polar surface area (TPSA) is 86.7 Å². The van der Waals surface area contributed by atoms with Crippen molar-refractivity contribution in [3.63, 3.8) is 0 Å². The fraction of sp³-hybridized carbons (Fsp3) is 0.185. The Balaban J connectivity index is 1.81. The van der Waals surface area contributed by atoms with E-state index >= 15 is 0 Å². The minimum absolute atomic E-state index is 0.000692. The summed E-state index contributed by atoms with van der Waals surface area (Å²) in [7, 11) is 1.94. The molecule has 0 bridgehead atoms. The van der Waals surface area contributed by atoms with Crippen LogP contribution >= 0.6 is 0 Å². The monoisotopic (exact) mass is 441 g/mol. The Morgan fingerprint density at radius 1 is 1.03 bits per heavy atom. The molecular formula is C27H27N3O3. The molecule has 0 aliphatic rings. The van der Waals surface area contributed by atoms with Crippen LogP contribution in [0.3, 0.4) is 0 Å². The number of carbonyl (C=O) groups is 1. The Morgan fingerprint density at radius 3 is 2.48 bits per heavy atom. The van der Waals surface area contributed by atoms with E-state index in [1.165, 1.54) is 5.56 Å². The molecule has 4 aromatic rings.